The highest BCUT2D eigenvalue weighted by Gasteiger charge is 2.26. The smallest absolute Gasteiger partial charge is 0.223 e. The standard InChI is InChI=1S/C17H22N4OS/c22-16(11-13-5-6-18-12-13)20-7-9-21(10-8-20)17-14-3-1-2-4-15(14)23-19-17/h1-4,13,18H,5-12H2/t13-/m1/s1. The molecule has 0 unspecified atom stereocenters. The lowest BCUT2D eigenvalue weighted by molar-refractivity contribution is -0.132. The lowest BCUT2D eigenvalue weighted by Gasteiger charge is -2.35. The third-order valence-electron chi connectivity index (χ3n) is 4.92. The second-order valence-electron chi connectivity index (χ2n) is 6.43. The van der Waals surface area contributed by atoms with Crippen LogP contribution in [0.5, 0.6) is 0 Å². The summed E-state index contributed by atoms with van der Waals surface area (Å²) >= 11 is 1.56. The Balaban J connectivity index is 1.38. The van der Waals surface area contributed by atoms with Crippen LogP contribution >= 0.6 is 11.5 Å². The molecule has 2 aliphatic heterocycles. The molecule has 2 aliphatic rings. The number of nitrogens with zero attached hydrogens (tertiary/aromatic N) is 3. The predicted octanol–water partition coefficient (Wildman–Crippen LogP) is 1.94. The first kappa shape index (κ1) is 14.9. The number of rotatable bonds is 3. The van der Waals surface area contributed by atoms with Crippen LogP contribution in [0.25, 0.3) is 10.1 Å². The lowest BCUT2D eigenvalue weighted by Crippen LogP contribution is -2.49. The number of benzene rings is 1. The average molecular weight is 330 g/mol. The molecule has 0 bridgehead atoms. The number of amides is 1. The highest BCUT2D eigenvalue weighted by Crippen LogP contribution is 2.30. The third-order valence-corrected chi connectivity index (χ3v) is 5.73. The number of hydrogen-bond acceptors (Lipinski definition) is 5. The topological polar surface area (TPSA) is 48.5 Å². The van der Waals surface area contributed by atoms with Gasteiger partial charge in [0, 0.05) is 38.0 Å². The first-order valence-electron chi connectivity index (χ1n) is 8.39. The fourth-order valence-electron chi connectivity index (χ4n) is 3.53. The van der Waals surface area contributed by atoms with E-state index in [-0.39, 0.29) is 0 Å². The highest BCUT2D eigenvalue weighted by molar-refractivity contribution is 7.13. The summed E-state index contributed by atoms with van der Waals surface area (Å²) in [5, 5.41) is 4.57. The molecule has 2 saturated heterocycles. The quantitative estimate of drug-likeness (QED) is 0.934. The Morgan fingerprint density at radius 2 is 2.09 bits per heavy atom. The second-order valence-corrected chi connectivity index (χ2v) is 7.24. The summed E-state index contributed by atoms with van der Waals surface area (Å²) in [6, 6.07) is 8.37. The average Bonchev–Trinajstić information content (AvgIpc) is 3.24. The van der Waals surface area contributed by atoms with Crippen LogP contribution in [0.15, 0.2) is 24.3 Å². The van der Waals surface area contributed by atoms with Crippen LogP contribution in [-0.4, -0.2) is 54.4 Å². The van der Waals surface area contributed by atoms with Crippen molar-refractivity contribution in [3.05, 3.63) is 24.3 Å². The minimum atomic E-state index is 0.321. The molecule has 3 heterocycles. The van der Waals surface area contributed by atoms with E-state index in [1.807, 2.05) is 4.90 Å². The van der Waals surface area contributed by atoms with E-state index in [1.165, 1.54) is 10.1 Å². The summed E-state index contributed by atoms with van der Waals surface area (Å²) < 4.78 is 5.86. The van der Waals surface area contributed by atoms with E-state index in [0.29, 0.717) is 18.2 Å². The maximum Gasteiger partial charge on any atom is 0.223 e. The minimum Gasteiger partial charge on any atom is -0.352 e. The molecule has 0 saturated carbocycles. The number of anilines is 1. The van der Waals surface area contributed by atoms with E-state index in [9.17, 15) is 4.79 Å². The van der Waals surface area contributed by atoms with Gasteiger partial charge in [0.1, 0.15) is 5.82 Å². The van der Waals surface area contributed by atoms with Gasteiger partial charge in [-0.15, -0.1) is 0 Å². The van der Waals surface area contributed by atoms with Gasteiger partial charge in [0.2, 0.25) is 5.91 Å². The van der Waals surface area contributed by atoms with Crippen LogP contribution in [0, 0.1) is 5.92 Å². The van der Waals surface area contributed by atoms with Gasteiger partial charge >= 0.3 is 0 Å². The molecule has 5 nitrogen and oxygen atoms in total. The molecule has 0 radical (unpaired) electrons. The van der Waals surface area contributed by atoms with E-state index in [0.717, 1.165) is 51.5 Å². The molecule has 1 aromatic heterocycles. The van der Waals surface area contributed by atoms with E-state index in [4.69, 9.17) is 0 Å². The Morgan fingerprint density at radius 3 is 2.87 bits per heavy atom. The van der Waals surface area contributed by atoms with Crippen molar-refractivity contribution < 1.29 is 4.79 Å². The molecule has 0 spiro atoms. The van der Waals surface area contributed by atoms with Crippen molar-refractivity contribution in [2.24, 2.45) is 5.92 Å². The summed E-state index contributed by atoms with van der Waals surface area (Å²) in [5.74, 6) is 1.93. The van der Waals surface area contributed by atoms with Crippen molar-refractivity contribution in [3.8, 4) is 0 Å². The van der Waals surface area contributed by atoms with Crippen molar-refractivity contribution >= 4 is 33.3 Å². The van der Waals surface area contributed by atoms with Crippen molar-refractivity contribution in [1.82, 2.24) is 14.6 Å². The number of aromatic nitrogens is 1. The van der Waals surface area contributed by atoms with Crippen LogP contribution in [0.1, 0.15) is 12.8 Å². The van der Waals surface area contributed by atoms with Gasteiger partial charge in [0.15, 0.2) is 0 Å². The molecule has 1 N–H and O–H groups in total. The molecule has 1 amide bonds. The van der Waals surface area contributed by atoms with Crippen molar-refractivity contribution in [1.29, 1.82) is 0 Å². The molecule has 4 rings (SSSR count). The Morgan fingerprint density at radius 1 is 1.26 bits per heavy atom. The van der Waals surface area contributed by atoms with E-state index >= 15 is 0 Å². The van der Waals surface area contributed by atoms with Gasteiger partial charge in [-0.2, -0.15) is 4.37 Å². The molecular weight excluding hydrogens is 308 g/mol. The summed E-state index contributed by atoms with van der Waals surface area (Å²) in [4.78, 5) is 16.8. The van der Waals surface area contributed by atoms with Crippen LogP contribution in [-0.2, 0) is 4.79 Å². The molecule has 0 aliphatic carbocycles. The molecule has 6 heteroatoms. The van der Waals surface area contributed by atoms with Gasteiger partial charge in [0.05, 0.1) is 4.70 Å². The second kappa shape index (κ2) is 6.45. The summed E-state index contributed by atoms with van der Waals surface area (Å²) in [7, 11) is 0. The highest BCUT2D eigenvalue weighted by atomic mass is 32.1. The molecule has 1 atom stereocenters. The molecule has 2 fully saturated rings. The van der Waals surface area contributed by atoms with Crippen LogP contribution in [0.4, 0.5) is 5.82 Å². The molecule has 23 heavy (non-hydrogen) atoms. The Kier molecular flexibility index (Phi) is 4.18. The normalized spacial score (nSPS) is 22.0. The van der Waals surface area contributed by atoms with Crippen LogP contribution in [0.2, 0.25) is 0 Å². The van der Waals surface area contributed by atoms with Crippen LogP contribution in [0.3, 0.4) is 0 Å². The summed E-state index contributed by atoms with van der Waals surface area (Å²) in [6.45, 7) is 5.43. The number of piperazine rings is 1. The lowest BCUT2D eigenvalue weighted by atomic mass is 10.0. The summed E-state index contributed by atoms with van der Waals surface area (Å²) in [5.41, 5.74) is 0. The predicted molar refractivity (Wildman–Crippen MR) is 94.0 cm³/mol. The number of carbonyl (C=O) groups is 1. The molecule has 2 aromatic rings. The zero-order valence-corrected chi connectivity index (χ0v) is 14.0. The van der Waals surface area contributed by atoms with E-state index in [1.54, 1.807) is 11.5 Å². The first-order chi connectivity index (χ1) is 11.3. The summed E-state index contributed by atoms with van der Waals surface area (Å²) in [6.07, 6.45) is 1.84. The van der Waals surface area contributed by atoms with Crippen molar-refractivity contribution in [2.45, 2.75) is 12.8 Å². The van der Waals surface area contributed by atoms with Gasteiger partial charge in [-0.3, -0.25) is 4.79 Å². The Bertz CT molecular complexity index is 687. The number of fused-ring (bicyclic) bond motifs is 1. The Labute approximate surface area is 140 Å². The monoisotopic (exact) mass is 330 g/mol. The fraction of sp³-hybridized carbons (Fsp3) is 0.529. The molecule has 1 aromatic carbocycles. The largest absolute Gasteiger partial charge is 0.352 e. The van der Waals surface area contributed by atoms with E-state index in [2.05, 4.69) is 38.9 Å². The van der Waals surface area contributed by atoms with Gasteiger partial charge < -0.3 is 15.1 Å². The van der Waals surface area contributed by atoms with Gasteiger partial charge in [-0.05, 0) is 49.1 Å². The number of nitrogens with one attached hydrogen (secondary N) is 1. The first-order valence-corrected chi connectivity index (χ1v) is 9.16. The van der Waals surface area contributed by atoms with Gasteiger partial charge in [-0.1, -0.05) is 12.1 Å². The zero-order valence-electron chi connectivity index (χ0n) is 13.2. The third kappa shape index (κ3) is 3.05. The van der Waals surface area contributed by atoms with E-state index < -0.39 is 0 Å². The maximum absolute atomic E-state index is 12.4. The number of hydrogen-bond donors (Lipinski definition) is 1. The minimum absolute atomic E-state index is 0.321. The van der Waals surface area contributed by atoms with Crippen LogP contribution < -0.4 is 10.2 Å². The zero-order chi connectivity index (χ0) is 15.6. The number of carbonyl (C=O) groups excluding carboxylic acids is 1. The molecular formula is C17H22N4OS. The molecule has 122 valence electrons. The Hall–Kier alpha value is -1.66. The van der Waals surface area contributed by atoms with Crippen molar-refractivity contribution in [2.75, 3.05) is 44.2 Å². The SMILES string of the molecule is O=C(C[C@H]1CCNC1)N1CCN(c2nsc3ccccc23)CC1. The van der Waals surface area contributed by atoms with Gasteiger partial charge in [-0.25, -0.2) is 0 Å². The van der Waals surface area contributed by atoms with Gasteiger partial charge in [0.25, 0.3) is 0 Å². The maximum atomic E-state index is 12.4. The fourth-order valence-corrected chi connectivity index (χ4v) is 4.33. The van der Waals surface area contributed by atoms with Crippen molar-refractivity contribution in [3.63, 3.8) is 0 Å².